The van der Waals surface area contributed by atoms with Crippen molar-refractivity contribution >= 4 is 27.7 Å². The summed E-state index contributed by atoms with van der Waals surface area (Å²) < 4.78 is 0.681. The highest BCUT2D eigenvalue weighted by Crippen LogP contribution is 2.15. The van der Waals surface area contributed by atoms with Crippen LogP contribution in [-0.4, -0.2) is 48.9 Å². The number of imide groups is 1. The second kappa shape index (κ2) is 6.97. The van der Waals surface area contributed by atoms with Gasteiger partial charge in [-0.25, -0.2) is 0 Å². The summed E-state index contributed by atoms with van der Waals surface area (Å²) in [6.45, 7) is 4.87. The maximum atomic E-state index is 12.0. The fourth-order valence-electron chi connectivity index (χ4n) is 2.18. The molecule has 1 fully saturated rings. The number of hydrogen-bond donors (Lipinski definition) is 2. The van der Waals surface area contributed by atoms with Gasteiger partial charge in [0, 0.05) is 30.1 Å². The molecule has 2 N–H and O–H groups in total. The minimum absolute atomic E-state index is 0.249. The average molecular weight is 340 g/mol. The van der Waals surface area contributed by atoms with Gasteiger partial charge in [0.2, 0.25) is 5.91 Å². The van der Waals surface area contributed by atoms with Crippen LogP contribution in [-0.2, 0) is 4.79 Å². The van der Waals surface area contributed by atoms with E-state index in [1.165, 1.54) is 0 Å². The molecule has 0 bridgehead atoms. The second-order valence-electron chi connectivity index (χ2n) is 4.88. The third kappa shape index (κ3) is 3.88. The maximum absolute atomic E-state index is 12.0. The van der Waals surface area contributed by atoms with Gasteiger partial charge in [0.15, 0.2) is 0 Å². The number of carbonyl (C=O) groups excluding carboxylic acids is 2. The number of benzene rings is 1. The van der Waals surface area contributed by atoms with Gasteiger partial charge in [0.1, 0.15) is 0 Å². The van der Waals surface area contributed by atoms with Crippen molar-refractivity contribution in [3.05, 3.63) is 34.3 Å². The van der Waals surface area contributed by atoms with Crippen LogP contribution in [0.5, 0.6) is 0 Å². The summed E-state index contributed by atoms with van der Waals surface area (Å²) in [6.07, 6.45) is 0. The molecule has 2 amide bonds. The maximum Gasteiger partial charge on any atom is 0.259 e. The fourth-order valence-corrected chi connectivity index (χ4v) is 2.65. The SMILES string of the molecule is C[C@H]1CNCCN1CC(=O)NC(=O)c1ccccc1Br. The Kier molecular flexibility index (Phi) is 5.28. The number of hydrogen-bond acceptors (Lipinski definition) is 4. The summed E-state index contributed by atoms with van der Waals surface area (Å²) >= 11 is 3.30. The molecule has 5 nitrogen and oxygen atoms in total. The van der Waals surface area contributed by atoms with E-state index in [0.29, 0.717) is 16.1 Å². The number of piperazine rings is 1. The third-order valence-electron chi connectivity index (χ3n) is 3.36. The third-order valence-corrected chi connectivity index (χ3v) is 4.05. The Hall–Kier alpha value is -1.24. The van der Waals surface area contributed by atoms with Crippen molar-refractivity contribution in [2.45, 2.75) is 13.0 Å². The fraction of sp³-hybridized carbons (Fsp3) is 0.429. The highest BCUT2D eigenvalue weighted by atomic mass is 79.9. The molecule has 1 heterocycles. The lowest BCUT2D eigenvalue weighted by molar-refractivity contribution is -0.121. The van der Waals surface area contributed by atoms with Gasteiger partial charge in [0.05, 0.1) is 12.1 Å². The molecule has 108 valence electrons. The Labute approximate surface area is 126 Å². The molecule has 6 heteroatoms. The number of nitrogens with one attached hydrogen (secondary N) is 2. The van der Waals surface area contributed by atoms with Gasteiger partial charge in [-0.3, -0.25) is 19.8 Å². The van der Waals surface area contributed by atoms with E-state index in [2.05, 4.69) is 38.4 Å². The number of nitrogens with zero attached hydrogens (tertiary/aromatic N) is 1. The molecule has 0 saturated carbocycles. The van der Waals surface area contributed by atoms with E-state index in [4.69, 9.17) is 0 Å². The van der Waals surface area contributed by atoms with Gasteiger partial charge in [-0.15, -0.1) is 0 Å². The smallest absolute Gasteiger partial charge is 0.259 e. The number of halogens is 1. The summed E-state index contributed by atoms with van der Waals surface area (Å²) in [5.74, 6) is -0.634. The Bertz CT molecular complexity index is 507. The number of amides is 2. The van der Waals surface area contributed by atoms with E-state index in [0.717, 1.165) is 19.6 Å². The first-order valence-electron chi connectivity index (χ1n) is 6.61. The molecule has 0 aliphatic carbocycles. The predicted molar refractivity (Wildman–Crippen MR) is 80.5 cm³/mol. The van der Waals surface area contributed by atoms with E-state index >= 15 is 0 Å². The Morgan fingerprint density at radius 2 is 2.20 bits per heavy atom. The second-order valence-corrected chi connectivity index (χ2v) is 5.74. The van der Waals surface area contributed by atoms with Gasteiger partial charge in [-0.1, -0.05) is 12.1 Å². The van der Waals surface area contributed by atoms with Crippen molar-refractivity contribution < 1.29 is 9.59 Å². The van der Waals surface area contributed by atoms with Crippen LogP contribution in [0.4, 0.5) is 0 Å². The van der Waals surface area contributed by atoms with Crippen LogP contribution in [0.25, 0.3) is 0 Å². The Morgan fingerprint density at radius 3 is 2.90 bits per heavy atom. The quantitative estimate of drug-likeness (QED) is 0.862. The van der Waals surface area contributed by atoms with Gasteiger partial charge < -0.3 is 5.32 Å². The molecule has 1 aromatic carbocycles. The predicted octanol–water partition coefficient (Wildman–Crippen LogP) is 0.999. The van der Waals surface area contributed by atoms with Crippen molar-refractivity contribution in [1.29, 1.82) is 0 Å². The first-order chi connectivity index (χ1) is 9.58. The minimum atomic E-state index is -0.370. The monoisotopic (exact) mass is 339 g/mol. The van der Waals surface area contributed by atoms with Crippen LogP contribution in [0.15, 0.2) is 28.7 Å². The molecule has 0 aromatic heterocycles. The standard InChI is InChI=1S/C14H18BrN3O2/c1-10-8-16-6-7-18(10)9-13(19)17-14(20)11-4-2-3-5-12(11)15/h2-5,10,16H,6-9H2,1H3,(H,17,19,20)/t10-/m0/s1. The molecule has 1 atom stereocenters. The van der Waals surface area contributed by atoms with E-state index in [9.17, 15) is 9.59 Å². The zero-order chi connectivity index (χ0) is 14.5. The lowest BCUT2D eigenvalue weighted by Crippen LogP contribution is -2.53. The zero-order valence-corrected chi connectivity index (χ0v) is 12.9. The van der Waals surface area contributed by atoms with Crippen LogP contribution in [0.1, 0.15) is 17.3 Å². The summed E-state index contributed by atoms with van der Waals surface area (Å²) in [6, 6.07) is 7.35. The molecule has 2 rings (SSSR count). The van der Waals surface area contributed by atoms with Crippen molar-refractivity contribution in [3.8, 4) is 0 Å². The molecule has 0 radical (unpaired) electrons. The molecule has 1 aliphatic rings. The minimum Gasteiger partial charge on any atom is -0.314 e. The van der Waals surface area contributed by atoms with Crippen LogP contribution in [0.3, 0.4) is 0 Å². The van der Waals surface area contributed by atoms with Crippen LogP contribution in [0.2, 0.25) is 0 Å². The summed E-state index contributed by atoms with van der Waals surface area (Å²) in [4.78, 5) is 26.0. The molecule has 0 unspecified atom stereocenters. The van der Waals surface area contributed by atoms with Gasteiger partial charge >= 0.3 is 0 Å². The lowest BCUT2D eigenvalue weighted by Gasteiger charge is -2.33. The molecule has 0 spiro atoms. The van der Waals surface area contributed by atoms with Gasteiger partial charge in [0.25, 0.3) is 5.91 Å². The summed E-state index contributed by atoms with van der Waals surface area (Å²) in [7, 11) is 0. The molecule has 20 heavy (non-hydrogen) atoms. The molecule has 1 aromatic rings. The first kappa shape index (κ1) is 15.2. The summed E-state index contributed by atoms with van der Waals surface area (Å²) in [5.41, 5.74) is 0.467. The largest absolute Gasteiger partial charge is 0.314 e. The van der Waals surface area contributed by atoms with Crippen molar-refractivity contribution in [1.82, 2.24) is 15.5 Å². The van der Waals surface area contributed by atoms with E-state index in [-0.39, 0.29) is 18.4 Å². The van der Waals surface area contributed by atoms with E-state index < -0.39 is 0 Å². The van der Waals surface area contributed by atoms with Crippen molar-refractivity contribution in [2.24, 2.45) is 0 Å². The molecular weight excluding hydrogens is 322 g/mol. The van der Waals surface area contributed by atoms with Crippen LogP contribution >= 0.6 is 15.9 Å². The van der Waals surface area contributed by atoms with Crippen LogP contribution in [0, 0.1) is 0 Å². The van der Waals surface area contributed by atoms with Gasteiger partial charge in [-0.2, -0.15) is 0 Å². The topological polar surface area (TPSA) is 61.4 Å². The highest BCUT2D eigenvalue weighted by molar-refractivity contribution is 9.10. The van der Waals surface area contributed by atoms with Crippen LogP contribution < -0.4 is 10.6 Å². The van der Waals surface area contributed by atoms with Gasteiger partial charge in [-0.05, 0) is 35.0 Å². The van der Waals surface area contributed by atoms with Crippen molar-refractivity contribution in [2.75, 3.05) is 26.2 Å². The lowest BCUT2D eigenvalue weighted by atomic mass is 10.2. The average Bonchev–Trinajstić information content (AvgIpc) is 2.41. The number of rotatable bonds is 3. The zero-order valence-electron chi connectivity index (χ0n) is 11.4. The molecular formula is C14H18BrN3O2. The highest BCUT2D eigenvalue weighted by Gasteiger charge is 2.21. The van der Waals surface area contributed by atoms with E-state index in [1.807, 2.05) is 6.07 Å². The Balaban J connectivity index is 1.91. The van der Waals surface area contributed by atoms with E-state index in [1.54, 1.807) is 18.2 Å². The summed E-state index contributed by atoms with van der Waals surface area (Å²) in [5, 5.41) is 5.70. The first-order valence-corrected chi connectivity index (χ1v) is 7.40. The molecule has 1 saturated heterocycles. The van der Waals surface area contributed by atoms with Crippen molar-refractivity contribution in [3.63, 3.8) is 0 Å². The molecule has 1 aliphatic heterocycles. The normalized spacial score (nSPS) is 19.6. The Morgan fingerprint density at radius 1 is 1.45 bits per heavy atom. The number of carbonyl (C=O) groups is 2.